The molecule has 106 valence electrons. The molecule has 18 heavy (non-hydrogen) atoms. The van der Waals surface area contributed by atoms with E-state index in [-0.39, 0.29) is 18.9 Å². The number of rotatable bonds is 9. The number of hydrogen-bond donors (Lipinski definition) is 2. The molecule has 0 rings (SSSR count). The van der Waals surface area contributed by atoms with Gasteiger partial charge >= 0.3 is 11.9 Å². The fraction of sp³-hybridized carbons (Fsp3) is 0.846. The van der Waals surface area contributed by atoms with Crippen LogP contribution in [0.25, 0.3) is 0 Å². The van der Waals surface area contributed by atoms with E-state index in [4.69, 9.17) is 5.11 Å². The monoisotopic (exact) mass is 259 g/mol. The zero-order valence-electron chi connectivity index (χ0n) is 11.7. The molecule has 5 heteroatoms. The van der Waals surface area contributed by atoms with Gasteiger partial charge in [0.25, 0.3) is 0 Å². The summed E-state index contributed by atoms with van der Waals surface area (Å²) >= 11 is 0. The Balaban J connectivity index is 4.85. The molecule has 0 fully saturated rings. The van der Waals surface area contributed by atoms with Crippen molar-refractivity contribution in [2.75, 3.05) is 13.1 Å². The van der Waals surface area contributed by atoms with Crippen molar-refractivity contribution in [1.82, 2.24) is 4.90 Å². The van der Waals surface area contributed by atoms with E-state index in [2.05, 4.69) is 0 Å². The van der Waals surface area contributed by atoms with Crippen LogP contribution in [0.4, 0.5) is 0 Å². The van der Waals surface area contributed by atoms with Crippen LogP contribution >= 0.6 is 0 Å². The average Bonchev–Trinajstić information content (AvgIpc) is 2.24. The Bertz CT molecular complexity index is 278. The predicted molar refractivity (Wildman–Crippen MR) is 69.5 cm³/mol. The zero-order valence-corrected chi connectivity index (χ0v) is 11.7. The van der Waals surface area contributed by atoms with Crippen LogP contribution in [0, 0.1) is 11.8 Å². The number of carbonyl (C=O) groups is 2. The van der Waals surface area contributed by atoms with Crippen LogP contribution < -0.4 is 0 Å². The molecule has 0 saturated carbocycles. The molecule has 5 nitrogen and oxygen atoms in total. The molecule has 2 atom stereocenters. The lowest BCUT2D eigenvalue weighted by Gasteiger charge is -2.33. The van der Waals surface area contributed by atoms with Crippen molar-refractivity contribution in [3.8, 4) is 0 Å². The second-order valence-electron chi connectivity index (χ2n) is 5.20. The van der Waals surface area contributed by atoms with Crippen LogP contribution in [0.15, 0.2) is 0 Å². The van der Waals surface area contributed by atoms with Crippen LogP contribution in [-0.2, 0) is 9.59 Å². The maximum atomic E-state index is 11.4. The molecule has 0 saturated heterocycles. The van der Waals surface area contributed by atoms with Gasteiger partial charge in [0.2, 0.25) is 0 Å². The summed E-state index contributed by atoms with van der Waals surface area (Å²) in [6.07, 6.45) is 0.742. The van der Waals surface area contributed by atoms with Crippen LogP contribution in [0.2, 0.25) is 0 Å². The highest BCUT2D eigenvalue weighted by Crippen LogP contribution is 2.17. The van der Waals surface area contributed by atoms with Crippen molar-refractivity contribution in [3.63, 3.8) is 0 Å². The number of carboxylic acids is 2. The molecule has 0 spiro atoms. The summed E-state index contributed by atoms with van der Waals surface area (Å²) in [5.41, 5.74) is 0. The molecule has 0 aliphatic heterocycles. The van der Waals surface area contributed by atoms with E-state index in [0.29, 0.717) is 12.5 Å². The quantitative estimate of drug-likeness (QED) is 0.661. The highest BCUT2D eigenvalue weighted by atomic mass is 16.4. The smallest absolute Gasteiger partial charge is 0.321 e. The lowest BCUT2D eigenvalue weighted by atomic mass is 9.96. The fourth-order valence-electron chi connectivity index (χ4n) is 2.03. The molecule has 0 aromatic rings. The Hall–Kier alpha value is -1.10. The summed E-state index contributed by atoms with van der Waals surface area (Å²) in [6.45, 7) is 8.74. The zero-order chi connectivity index (χ0) is 14.3. The summed E-state index contributed by atoms with van der Waals surface area (Å²) in [4.78, 5) is 23.8. The highest BCUT2D eigenvalue weighted by Gasteiger charge is 2.30. The maximum Gasteiger partial charge on any atom is 0.321 e. The van der Waals surface area contributed by atoms with E-state index in [0.717, 1.165) is 6.42 Å². The largest absolute Gasteiger partial charge is 0.481 e. The highest BCUT2D eigenvalue weighted by molar-refractivity contribution is 5.74. The molecule has 0 radical (unpaired) electrons. The van der Waals surface area contributed by atoms with Crippen molar-refractivity contribution in [1.29, 1.82) is 0 Å². The van der Waals surface area contributed by atoms with Crippen molar-refractivity contribution in [2.45, 2.75) is 46.6 Å². The van der Waals surface area contributed by atoms with Gasteiger partial charge in [-0.15, -0.1) is 0 Å². The van der Waals surface area contributed by atoms with Gasteiger partial charge in [-0.2, -0.15) is 0 Å². The van der Waals surface area contributed by atoms with E-state index in [1.54, 1.807) is 4.90 Å². The van der Waals surface area contributed by atoms with Gasteiger partial charge in [-0.25, -0.2) is 0 Å². The van der Waals surface area contributed by atoms with Gasteiger partial charge in [-0.1, -0.05) is 34.1 Å². The van der Waals surface area contributed by atoms with Gasteiger partial charge in [0.05, 0.1) is 6.42 Å². The number of carboxylic acid groups (broad SMARTS) is 2. The van der Waals surface area contributed by atoms with Crippen LogP contribution in [0.3, 0.4) is 0 Å². The number of aliphatic carboxylic acids is 2. The Morgan fingerprint density at radius 3 is 2.06 bits per heavy atom. The van der Waals surface area contributed by atoms with Gasteiger partial charge in [0.15, 0.2) is 0 Å². The van der Waals surface area contributed by atoms with Gasteiger partial charge < -0.3 is 10.2 Å². The summed E-state index contributed by atoms with van der Waals surface area (Å²) in [6, 6.07) is -0.600. The minimum Gasteiger partial charge on any atom is -0.481 e. The van der Waals surface area contributed by atoms with Crippen molar-refractivity contribution in [2.24, 2.45) is 11.8 Å². The SMILES string of the molecule is CCC(C)C(C(=O)O)N(CCC(=O)O)CC(C)C. The third-order valence-electron chi connectivity index (χ3n) is 3.04. The molecule has 2 N–H and O–H groups in total. The van der Waals surface area contributed by atoms with E-state index in [1.165, 1.54) is 0 Å². The summed E-state index contributed by atoms with van der Waals surface area (Å²) in [7, 11) is 0. The molecule has 0 aliphatic carbocycles. The molecular weight excluding hydrogens is 234 g/mol. The molecule has 0 aromatic carbocycles. The minimum absolute atomic E-state index is 0.00930. The molecule has 0 aliphatic rings. The molecule has 0 aromatic heterocycles. The minimum atomic E-state index is -0.892. The summed E-state index contributed by atoms with van der Waals surface area (Å²) in [5.74, 6) is -1.44. The molecular formula is C13H25NO4. The fourth-order valence-corrected chi connectivity index (χ4v) is 2.03. The number of nitrogens with zero attached hydrogens (tertiary/aromatic N) is 1. The Morgan fingerprint density at radius 2 is 1.72 bits per heavy atom. The maximum absolute atomic E-state index is 11.4. The van der Waals surface area contributed by atoms with Crippen molar-refractivity contribution in [3.05, 3.63) is 0 Å². The van der Waals surface area contributed by atoms with Crippen molar-refractivity contribution >= 4 is 11.9 Å². The van der Waals surface area contributed by atoms with E-state index >= 15 is 0 Å². The van der Waals surface area contributed by atoms with E-state index in [1.807, 2.05) is 27.7 Å². The third kappa shape index (κ3) is 6.00. The standard InChI is InChI=1S/C13H25NO4/c1-5-10(4)12(13(17)18)14(8-9(2)3)7-6-11(15)16/h9-10,12H,5-8H2,1-4H3,(H,15,16)(H,17,18). The average molecular weight is 259 g/mol. The van der Waals surface area contributed by atoms with Gasteiger partial charge in [-0.3, -0.25) is 14.5 Å². The Kier molecular flexibility index (Phi) is 7.59. The molecule has 0 amide bonds. The van der Waals surface area contributed by atoms with Gasteiger partial charge in [0.1, 0.15) is 6.04 Å². The topological polar surface area (TPSA) is 77.8 Å². The van der Waals surface area contributed by atoms with Gasteiger partial charge in [-0.05, 0) is 11.8 Å². The van der Waals surface area contributed by atoms with Crippen LogP contribution in [0.5, 0.6) is 0 Å². The first-order valence-electron chi connectivity index (χ1n) is 6.48. The Labute approximate surface area is 109 Å². The normalized spacial score (nSPS) is 14.8. The van der Waals surface area contributed by atoms with E-state index in [9.17, 15) is 14.7 Å². The number of hydrogen-bond acceptors (Lipinski definition) is 3. The third-order valence-corrected chi connectivity index (χ3v) is 3.04. The molecule has 0 bridgehead atoms. The second kappa shape index (κ2) is 8.08. The van der Waals surface area contributed by atoms with Crippen molar-refractivity contribution < 1.29 is 19.8 Å². The molecule has 2 unspecified atom stereocenters. The van der Waals surface area contributed by atoms with Crippen LogP contribution in [0.1, 0.15) is 40.5 Å². The van der Waals surface area contributed by atoms with Crippen LogP contribution in [-0.4, -0.2) is 46.2 Å². The second-order valence-corrected chi connectivity index (χ2v) is 5.20. The van der Waals surface area contributed by atoms with E-state index < -0.39 is 18.0 Å². The van der Waals surface area contributed by atoms with Gasteiger partial charge in [0, 0.05) is 13.1 Å². The lowest BCUT2D eigenvalue weighted by Crippen LogP contribution is -2.47. The first kappa shape index (κ1) is 16.9. The predicted octanol–water partition coefficient (Wildman–Crippen LogP) is 1.92. The lowest BCUT2D eigenvalue weighted by molar-refractivity contribution is -0.147. The molecule has 0 heterocycles. The summed E-state index contributed by atoms with van der Waals surface area (Å²) in [5, 5.41) is 18.1. The summed E-state index contributed by atoms with van der Waals surface area (Å²) < 4.78 is 0. The Morgan fingerprint density at radius 1 is 1.17 bits per heavy atom. The first-order chi connectivity index (χ1) is 8.29. The first-order valence-corrected chi connectivity index (χ1v) is 6.48.